The maximum atomic E-state index is 9.24. The van der Waals surface area contributed by atoms with Crippen LogP contribution < -0.4 is 5.32 Å². The van der Waals surface area contributed by atoms with Crippen LogP contribution in [0.4, 0.5) is 0 Å². The van der Waals surface area contributed by atoms with E-state index in [0.29, 0.717) is 17.8 Å². The van der Waals surface area contributed by atoms with Crippen molar-refractivity contribution in [1.82, 2.24) is 5.32 Å². The van der Waals surface area contributed by atoms with E-state index in [2.05, 4.69) is 26.1 Å². The molecule has 0 saturated heterocycles. The van der Waals surface area contributed by atoms with Gasteiger partial charge in [-0.05, 0) is 50.8 Å². The van der Waals surface area contributed by atoms with Gasteiger partial charge in [0.2, 0.25) is 0 Å². The first-order valence-corrected chi connectivity index (χ1v) is 7.65. The Bertz CT molecular complexity index is 334. The summed E-state index contributed by atoms with van der Waals surface area (Å²) in [5.41, 5.74) is 1.30. The van der Waals surface area contributed by atoms with E-state index >= 15 is 0 Å². The van der Waals surface area contributed by atoms with Crippen LogP contribution in [-0.4, -0.2) is 17.2 Å². The highest BCUT2D eigenvalue weighted by Gasteiger charge is 2.07. The second kappa shape index (κ2) is 8.98. The van der Waals surface area contributed by atoms with Crippen LogP contribution in [0.25, 0.3) is 0 Å². The highest BCUT2D eigenvalue weighted by atomic mass is 16.3. The summed E-state index contributed by atoms with van der Waals surface area (Å²) < 4.78 is 0. The zero-order valence-electron chi connectivity index (χ0n) is 12.7. The van der Waals surface area contributed by atoms with Gasteiger partial charge in [-0.2, -0.15) is 0 Å². The summed E-state index contributed by atoms with van der Waals surface area (Å²) in [6.45, 7) is 6.79. The van der Waals surface area contributed by atoms with Gasteiger partial charge in [0.25, 0.3) is 0 Å². The molecule has 1 rings (SSSR count). The van der Waals surface area contributed by atoms with E-state index in [1.807, 2.05) is 12.1 Å². The Balaban J connectivity index is 2.19. The fraction of sp³-hybridized carbons (Fsp3) is 0.647. The van der Waals surface area contributed by atoms with E-state index in [1.54, 1.807) is 12.1 Å². The highest BCUT2D eigenvalue weighted by molar-refractivity contribution is 5.25. The van der Waals surface area contributed by atoms with Gasteiger partial charge in [0.1, 0.15) is 5.75 Å². The maximum Gasteiger partial charge on any atom is 0.115 e. The monoisotopic (exact) mass is 263 g/mol. The van der Waals surface area contributed by atoms with E-state index in [0.717, 1.165) is 12.8 Å². The quantitative estimate of drug-likeness (QED) is 0.652. The molecule has 2 unspecified atom stereocenters. The summed E-state index contributed by atoms with van der Waals surface area (Å²) in [5, 5.41) is 12.9. The van der Waals surface area contributed by atoms with Crippen LogP contribution in [0.15, 0.2) is 24.3 Å². The van der Waals surface area contributed by atoms with Gasteiger partial charge >= 0.3 is 0 Å². The largest absolute Gasteiger partial charge is 0.508 e. The lowest BCUT2D eigenvalue weighted by Crippen LogP contribution is -2.34. The molecule has 0 aromatic heterocycles. The Kier molecular flexibility index (Phi) is 7.57. The molecule has 19 heavy (non-hydrogen) atoms. The zero-order valence-corrected chi connectivity index (χ0v) is 12.7. The van der Waals surface area contributed by atoms with Crippen LogP contribution in [-0.2, 0) is 6.42 Å². The minimum atomic E-state index is 0.347. The lowest BCUT2D eigenvalue weighted by atomic mass is 10.0. The first-order valence-electron chi connectivity index (χ1n) is 7.65. The summed E-state index contributed by atoms with van der Waals surface area (Å²) in [5.74, 6) is 0.347. The molecule has 2 nitrogen and oxygen atoms in total. The number of hydrogen-bond donors (Lipinski definition) is 2. The summed E-state index contributed by atoms with van der Waals surface area (Å²) in [6.07, 6.45) is 7.45. The second-order valence-corrected chi connectivity index (χ2v) is 5.67. The van der Waals surface area contributed by atoms with Gasteiger partial charge in [-0.25, -0.2) is 0 Å². The van der Waals surface area contributed by atoms with Gasteiger partial charge in [-0.15, -0.1) is 0 Å². The number of aryl methyl sites for hydroxylation is 1. The average molecular weight is 263 g/mol. The number of hydrogen-bond acceptors (Lipinski definition) is 2. The molecule has 0 saturated carbocycles. The van der Waals surface area contributed by atoms with Crippen LogP contribution in [0.5, 0.6) is 5.75 Å². The summed E-state index contributed by atoms with van der Waals surface area (Å²) in [7, 11) is 0. The second-order valence-electron chi connectivity index (χ2n) is 5.67. The van der Waals surface area contributed by atoms with Crippen molar-refractivity contribution in [3.8, 4) is 5.75 Å². The van der Waals surface area contributed by atoms with Crippen molar-refractivity contribution in [1.29, 1.82) is 0 Å². The van der Waals surface area contributed by atoms with Gasteiger partial charge < -0.3 is 10.4 Å². The Morgan fingerprint density at radius 2 is 1.63 bits per heavy atom. The van der Waals surface area contributed by atoms with Gasteiger partial charge in [0.15, 0.2) is 0 Å². The summed E-state index contributed by atoms with van der Waals surface area (Å²) in [4.78, 5) is 0. The molecule has 1 aromatic carbocycles. The van der Waals surface area contributed by atoms with Crippen molar-refractivity contribution in [2.75, 3.05) is 0 Å². The van der Waals surface area contributed by atoms with E-state index in [-0.39, 0.29) is 0 Å². The van der Waals surface area contributed by atoms with Gasteiger partial charge in [-0.3, -0.25) is 0 Å². The highest BCUT2D eigenvalue weighted by Crippen LogP contribution is 2.12. The van der Waals surface area contributed by atoms with Crippen LogP contribution in [0, 0.1) is 0 Å². The molecule has 0 fully saturated rings. The predicted octanol–water partition coefficient (Wildman–Crippen LogP) is 4.27. The molecule has 0 bridgehead atoms. The van der Waals surface area contributed by atoms with Crippen LogP contribution in [0.2, 0.25) is 0 Å². The first kappa shape index (κ1) is 16.0. The first-order chi connectivity index (χ1) is 9.11. The summed E-state index contributed by atoms with van der Waals surface area (Å²) >= 11 is 0. The minimum Gasteiger partial charge on any atom is -0.508 e. The van der Waals surface area contributed by atoms with Crippen molar-refractivity contribution < 1.29 is 5.11 Å². The van der Waals surface area contributed by atoms with E-state index < -0.39 is 0 Å². The van der Waals surface area contributed by atoms with Gasteiger partial charge in [0, 0.05) is 12.1 Å². The molecule has 0 aliphatic heterocycles. The molecule has 108 valence electrons. The molecule has 0 aliphatic carbocycles. The van der Waals surface area contributed by atoms with Crippen LogP contribution >= 0.6 is 0 Å². The van der Waals surface area contributed by atoms with Crippen molar-refractivity contribution in [3.05, 3.63) is 29.8 Å². The molecule has 2 heteroatoms. The molecule has 0 spiro atoms. The number of phenols is 1. The van der Waals surface area contributed by atoms with Crippen molar-refractivity contribution >= 4 is 0 Å². The van der Waals surface area contributed by atoms with Crippen LogP contribution in [0.3, 0.4) is 0 Å². The van der Waals surface area contributed by atoms with Crippen molar-refractivity contribution in [2.45, 2.75) is 71.4 Å². The van der Waals surface area contributed by atoms with E-state index in [1.165, 1.54) is 31.2 Å². The number of phenolic OH excluding ortho intramolecular Hbond substituents is 1. The third-order valence-electron chi connectivity index (χ3n) is 3.61. The van der Waals surface area contributed by atoms with Crippen molar-refractivity contribution in [3.63, 3.8) is 0 Å². The number of aromatic hydroxyl groups is 1. The molecule has 1 aromatic rings. The van der Waals surface area contributed by atoms with E-state index in [9.17, 15) is 5.11 Å². The number of unbranched alkanes of at least 4 members (excludes halogenated alkanes) is 2. The fourth-order valence-electron chi connectivity index (χ4n) is 2.40. The third kappa shape index (κ3) is 7.22. The number of benzene rings is 1. The Labute approximate surface area is 118 Å². The smallest absolute Gasteiger partial charge is 0.115 e. The molecule has 0 aliphatic rings. The minimum absolute atomic E-state index is 0.347. The molecule has 0 amide bonds. The zero-order chi connectivity index (χ0) is 14.1. The molecule has 0 heterocycles. The number of rotatable bonds is 9. The maximum absolute atomic E-state index is 9.24. The predicted molar refractivity (Wildman–Crippen MR) is 82.6 cm³/mol. The standard InChI is InChI=1S/C17H29NO/c1-4-5-6-7-14(2)18-15(3)8-9-16-10-12-17(19)13-11-16/h10-15,18-19H,4-9H2,1-3H3. The molecule has 0 radical (unpaired) electrons. The third-order valence-corrected chi connectivity index (χ3v) is 3.61. The molecular weight excluding hydrogens is 234 g/mol. The fourth-order valence-corrected chi connectivity index (χ4v) is 2.40. The Hall–Kier alpha value is -1.02. The topological polar surface area (TPSA) is 32.3 Å². The molecular formula is C17H29NO. The lowest BCUT2D eigenvalue weighted by Gasteiger charge is -2.20. The Morgan fingerprint density at radius 3 is 2.26 bits per heavy atom. The number of nitrogens with one attached hydrogen (secondary N) is 1. The van der Waals surface area contributed by atoms with E-state index in [4.69, 9.17) is 0 Å². The average Bonchev–Trinajstić information content (AvgIpc) is 2.38. The molecule has 2 atom stereocenters. The SMILES string of the molecule is CCCCCC(C)NC(C)CCc1ccc(O)cc1. The molecule has 2 N–H and O–H groups in total. The lowest BCUT2D eigenvalue weighted by molar-refractivity contribution is 0.417. The van der Waals surface area contributed by atoms with Gasteiger partial charge in [-0.1, -0.05) is 38.3 Å². The van der Waals surface area contributed by atoms with Crippen LogP contribution in [0.1, 0.15) is 58.4 Å². The normalized spacial score (nSPS) is 14.3. The summed E-state index contributed by atoms with van der Waals surface area (Å²) in [6, 6.07) is 8.70. The Morgan fingerprint density at radius 1 is 1.00 bits per heavy atom. The van der Waals surface area contributed by atoms with Crippen molar-refractivity contribution in [2.24, 2.45) is 0 Å². The van der Waals surface area contributed by atoms with Gasteiger partial charge in [0.05, 0.1) is 0 Å².